The molecule has 1 rings (SSSR count). The fourth-order valence-corrected chi connectivity index (χ4v) is 1.17. The van der Waals surface area contributed by atoms with Gasteiger partial charge in [-0.1, -0.05) is 13.8 Å². The molecule has 0 bridgehead atoms. The lowest BCUT2D eigenvalue weighted by molar-refractivity contribution is 0.0659. The quantitative estimate of drug-likeness (QED) is 0.677. The van der Waals surface area contributed by atoms with Crippen molar-refractivity contribution in [3.63, 3.8) is 0 Å². The lowest BCUT2D eigenvalue weighted by Crippen LogP contribution is -2.30. The monoisotopic (exact) mass is 227 g/mol. The second-order valence-electron chi connectivity index (χ2n) is 4.01. The molecule has 0 aliphatic heterocycles. The third-order valence-corrected chi connectivity index (χ3v) is 2.29. The van der Waals surface area contributed by atoms with Crippen LogP contribution in [0.5, 0.6) is 0 Å². The van der Waals surface area contributed by atoms with Crippen molar-refractivity contribution in [2.45, 2.75) is 26.5 Å². The van der Waals surface area contributed by atoms with Crippen LogP contribution in [0.15, 0.2) is 16.5 Å². The molecule has 90 valence electrons. The molecule has 16 heavy (non-hydrogen) atoms. The second kappa shape index (κ2) is 5.67. The van der Waals surface area contributed by atoms with Crippen molar-refractivity contribution < 1.29 is 19.4 Å². The fourth-order valence-electron chi connectivity index (χ4n) is 1.17. The molecule has 0 saturated carbocycles. The van der Waals surface area contributed by atoms with E-state index in [4.69, 9.17) is 9.52 Å². The van der Waals surface area contributed by atoms with E-state index < -0.39 is 12.1 Å². The molecule has 0 amide bonds. The summed E-state index contributed by atoms with van der Waals surface area (Å²) in [5.74, 6) is -0.401. The molecule has 0 fully saturated rings. The summed E-state index contributed by atoms with van der Waals surface area (Å²) in [4.78, 5) is 10.5. The van der Waals surface area contributed by atoms with Crippen LogP contribution in [0.4, 0.5) is 0 Å². The number of aromatic carboxylic acids is 1. The SMILES string of the molecule is CC(C)C(O)CNCc1ccc(C(=O)O)o1. The van der Waals surface area contributed by atoms with E-state index >= 15 is 0 Å². The van der Waals surface area contributed by atoms with E-state index in [-0.39, 0.29) is 11.7 Å². The van der Waals surface area contributed by atoms with Gasteiger partial charge in [0.15, 0.2) is 0 Å². The number of hydrogen-bond acceptors (Lipinski definition) is 4. The zero-order chi connectivity index (χ0) is 12.1. The van der Waals surface area contributed by atoms with Crippen LogP contribution >= 0.6 is 0 Å². The summed E-state index contributed by atoms with van der Waals surface area (Å²) < 4.78 is 5.04. The Balaban J connectivity index is 2.35. The summed E-state index contributed by atoms with van der Waals surface area (Å²) in [5, 5.41) is 21.1. The maximum absolute atomic E-state index is 10.5. The Hall–Kier alpha value is -1.33. The first-order chi connectivity index (χ1) is 7.50. The molecule has 1 unspecified atom stereocenters. The van der Waals surface area contributed by atoms with Gasteiger partial charge in [0.2, 0.25) is 5.76 Å². The van der Waals surface area contributed by atoms with Gasteiger partial charge >= 0.3 is 5.97 Å². The lowest BCUT2D eigenvalue weighted by atomic mass is 10.1. The summed E-state index contributed by atoms with van der Waals surface area (Å²) in [6.07, 6.45) is -0.408. The predicted octanol–water partition coefficient (Wildman–Crippen LogP) is 1.08. The summed E-state index contributed by atoms with van der Waals surface area (Å²) in [6.45, 7) is 4.74. The number of aliphatic hydroxyl groups excluding tert-OH is 1. The number of aliphatic hydroxyl groups is 1. The number of nitrogens with one attached hydrogen (secondary N) is 1. The highest BCUT2D eigenvalue weighted by Gasteiger charge is 2.10. The van der Waals surface area contributed by atoms with Gasteiger partial charge < -0.3 is 19.9 Å². The van der Waals surface area contributed by atoms with Crippen LogP contribution in [-0.2, 0) is 6.54 Å². The average molecular weight is 227 g/mol. The molecule has 1 heterocycles. The molecular weight excluding hydrogens is 210 g/mol. The highest BCUT2D eigenvalue weighted by molar-refractivity contribution is 5.84. The molecule has 5 nitrogen and oxygen atoms in total. The summed E-state index contributed by atoms with van der Waals surface area (Å²) in [7, 11) is 0. The molecule has 0 aromatic carbocycles. The van der Waals surface area contributed by atoms with Crippen LogP contribution in [0, 0.1) is 5.92 Å². The second-order valence-corrected chi connectivity index (χ2v) is 4.01. The number of carboxylic acid groups (broad SMARTS) is 1. The molecule has 0 saturated heterocycles. The molecule has 1 atom stereocenters. The molecule has 1 aromatic rings. The van der Waals surface area contributed by atoms with Gasteiger partial charge in [-0.3, -0.25) is 0 Å². The van der Waals surface area contributed by atoms with Crippen molar-refractivity contribution in [2.75, 3.05) is 6.54 Å². The van der Waals surface area contributed by atoms with E-state index in [0.29, 0.717) is 18.8 Å². The first-order valence-electron chi connectivity index (χ1n) is 5.21. The average Bonchev–Trinajstić information content (AvgIpc) is 2.66. The third kappa shape index (κ3) is 3.67. The standard InChI is InChI=1S/C11H17NO4/c1-7(2)9(13)6-12-5-8-3-4-10(16-8)11(14)15/h3-4,7,9,12-13H,5-6H2,1-2H3,(H,14,15). The Bertz CT molecular complexity index is 346. The Morgan fingerprint density at radius 2 is 2.19 bits per heavy atom. The van der Waals surface area contributed by atoms with E-state index in [0.717, 1.165) is 0 Å². The van der Waals surface area contributed by atoms with Gasteiger partial charge in [0.05, 0.1) is 12.6 Å². The first-order valence-corrected chi connectivity index (χ1v) is 5.21. The molecule has 0 aliphatic carbocycles. The normalized spacial score (nSPS) is 13.0. The van der Waals surface area contributed by atoms with Crippen molar-refractivity contribution in [3.8, 4) is 0 Å². The molecule has 0 aliphatic rings. The van der Waals surface area contributed by atoms with Crippen molar-refractivity contribution in [3.05, 3.63) is 23.7 Å². The number of carbonyl (C=O) groups is 1. The summed E-state index contributed by atoms with van der Waals surface area (Å²) in [6, 6.07) is 3.02. The minimum Gasteiger partial charge on any atom is -0.475 e. The van der Waals surface area contributed by atoms with E-state index in [1.165, 1.54) is 6.07 Å². The van der Waals surface area contributed by atoms with Gasteiger partial charge in [-0.2, -0.15) is 0 Å². The highest BCUT2D eigenvalue weighted by Crippen LogP contribution is 2.07. The largest absolute Gasteiger partial charge is 0.475 e. The fraction of sp³-hybridized carbons (Fsp3) is 0.545. The van der Waals surface area contributed by atoms with Crippen molar-refractivity contribution in [2.24, 2.45) is 5.92 Å². The Morgan fingerprint density at radius 3 is 2.69 bits per heavy atom. The zero-order valence-electron chi connectivity index (χ0n) is 9.43. The van der Waals surface area contributed by atoms with Gasteiger partial charge in [0, 0.05) is 6.54 Å². The minimum atomic E-state index is -1.08. The minimum absolute atomic E-state index is 0.0683. The van der Waals surface area contributed by atoms with Crippen LogP contribution in [-0.4, -0.2) is 28.8 Å². The molecular formula is C11H17NO4. The number of hydrogen-bond donors (Lipinski definition) is 3. The Morgan fingerprint density at radius 1 is 1.50 bits per heavy atom. The van der Waals surface area contributed by atoms with E-state index in [9.17, 15) is 9.90 Å². The van der Waals surface area contributed by atoms with Gasteiger partial charge in [-0.15, -0.1) is 0 Å². The third-order valence-electron chi connectivity index (χ3n) is 2.29. The van der Waals surface area contributed by atoms with Crippen LogP contribution in [0.25, 0.3) is 0 Å². The van der Waals surface area contributed by atoms with Crippen molar-refractivity contribution in [1.82, 2.24) is 5.32 Å². The van der Waals surface area contributed by atoms with Crippen LogP contribution in [0.1, 0.15) is 30.2 Å². The number of furan rings is 1. The molecule has 3 N–H and O–H groups in total. The topological polar surface area (TPSA) is 82.7 Å². The molecule has 5 heteroatoms. The Kier molecular flexibility index (Phi) is 4.52. The highest BCUT2D eigenvalue weighted by atomic mass is 16.4. The zero-order valence-corrected chi connectivity index (χ0v) is 9.43. The maximum Gasteiger partial charge on any atom is 0.371 e. The summed E-state index contributed by atoms with van der Waals surface area (Å²) in [5.41, 5.74) is 0. The van der Waals surface area contributed by atoms with Gasteiger partial charge in [-0.05, 0) is 18.1 Å². The van der Waals surface area contributed by atoms with Gasteiger partial charge in [0.25, 0.3) is 0 Å². The van der Waals surface area contributed by atoms with Crippen LogP contribution in [0.3, 0.4) is 0 Å². The van der Waals surface area contributed by atoms with E-state index in [2.05, 4.69) is 5.32 Å². The molecule has 0 spiro atoms. The Labute approximate surface area is 94.1 Å². The van der Waals surface area contributed by atoms with E-state index in [1.54, 1.807) is 6.07 Å². The number of carboxylic acids is 1. The molecule has 1 aromatic heterocycles. The molecule has 0 radical (unpaired) electrons. The van der Waals surface area contributed by atoms with Crippen molar-refractivity contribution in [1.29, 1.82) is 0 Å². The first kappa shape index (κ1) is 12.7. The van der Waals surface area contributed by atoms with E-state index in [1.807, 2.05) is 13.8 Å². The van der Waals surface area contributed by atoms with Crippen LogP contribution < -0.4 is 5.32 Å². The van der Waals surface area contributed by atoms with Crippen LogP contribution in [0.2, 0.25) is 0 Å². The summed E-state index contributed by atoms with van der Waals surface area (Å²) >= 11 is 0. The predicted molar refractivity (Wildman–Crippen MR) is 58.2 cm³/mol. The smallest absolute Gasteiger partial charge is 0.371 e. The lowest BCUT2D eigenvalue weighted by Gasteiger charge is -2.14. The van der Waals surface area contributed by atoms with Crippen molar-refractivity contribution >= 4 is 5.97 Å². The van der Waals surface area contributed by atoms with Gasteiger partial charge in [-0.25, -0.2) is 4.79 Å². The van der Waals surface area contributed by atoms with Gasteiger partial charge in [0.1, 0.15) is 5.76 Å². The number of rotatable bonds is 6. The maximum atomic E-state index is 10.5.